The maximum atomic E-state index is 13.3. The van der Waals surface area contributed by atoms with Crippen molar-refractivity contribution in [2.45, 2.75) is 25.8 Å². The van der Waals surface area contributed by atoms with E-state index in [9.17, 15) is 13.6 Å². The number of hydrogen-bond donors (Lipinski definition) is 2. The lowest BCUT2D eigenvalue weighted by atomic mass is 10.1. The van der Waals surface area contributed by atoms with Gasteiger partial charge >= 0.3 is 0 Å². The molecule has 0 unspecified atom stereocenters. The van der Waals surface area contributed by atoms with Crippen LogP contribution in [0.3, 0.4) is 0 Å². The van der Waals surface area contributed by atoms with Gasteiger partial charge in [0.25, 0.3) is 5.91 Å². The van der Waals surface area contributed by atoms with Gasteiger partial charge in [0.1, 0.15) is 6.04 Å². The summed E-state index contributed by atoms with van der Waals surface area (Å²) in [6.07, 6.45) is 2.45. The largest absolute Gasteiger partial charge is 0.372 e. The second-order valence-corrected chi connectivity index (χ2v) is 6.69. The molecule has 1 amide bonds. The normalized spacial score (nSPS) is 15.1. The first kappa shape index (κ1) is 18.3. The Kier molecular flexibility index (Phi) is 5.83. The molecule has 4 nitrogen and oxygen atoms in total. The number of nitrogens with two attached hydrogens (primary N) is 1. The Morgan fingerprint density at radius 3 is 2.46 bits per heavy atom. The Balaban J connectivity index is 1.49. The molecular weight excluding hydrogens is 336 g/mol. The molecule has 0 bridgehead atoms. The van der Waals surface area contributed by atoms with E-state index < -0.39 is 11.6 Å². The predicted octanol–water partition coefficient (Wildman–Crippen LogP) is 2.83. The second-order valence-electron chi connectivity index (χ2n) is 6.69. The molecule has 2 aromatic rings. The molecule has 1 atom stereocenters. The van der Waals surface area contributed by atoms with Crippen LogP contribution in [0.5, 0.6) is 0 Å². The van der Waals surface area contributed by atoms with Gasteiger partial charge in [0.05, 0.1) is 0 Å². The van der Waals surface area contributed by atoms with Gasteiger partial charge in [0.15, 0.2) is 18.2 Å². The van der Waals surface area contributed by atoms with Crippen molar-refractivity contribution in [1.82, 2.24) is 0 Å². The molecule has 1 saturated heterocycles. The van der Waals surface area contributed by atoms with E-state index in [2.05, 4.69) is 10.2 Å². The predicted molar refractivity (Wildman–Crippen MR) is 98.1 cm³/mol. The quantitative estimate of drug-likeness (QED) is 0.832. The number of nitrogens with zero attached hydrogens (tertiary/aromatic N) is 1. The van der Waals surface area contributed by atoms with Gasteiger partial charge in [0.2, 0.25) is 0 Å². The summed E-state index contributed by atoms with van der Waals surface area (Å²) in [5.74, 6) is -1.87. The topological polar surface area (TPSA) is 49.0 Å². The van der Waals surface area contributed by atoms with Gasteiger partial charge in [-0.15, -0.1) is 0 Å². The third-order valence-corrected chi connectivity index (χ3v) is 4.75. The van der Waals surface area contributed by atoms with Crippen LogP contribution in [0.2, 0.25) is 0 Å². The summed E-state index contributed by atoms with van der Waals surface area (Å²) < 4.78 is 26.3. The third-order valence-electron chi connectivity index (χ3n) is 4.75. The summed E-state index contributed by atoms with van der Waals surface area (Å²) in [4.78, 5) is 14.5. The van der Waals surface area contributed by atoms with Crippen LogP contribution in [0.25, 0.3) is 0 Å². The number of rotatable bonds is 6. The van der Waals surface area contributed by atoms with Gasteiger partial charge in [-0.05, 0) is 62.2 Å². The molecule has 1 aliphatic heterocycles. The highest BCUT2D eigenvalue weighted by Crippen LogP contribution is 2.22. The summed E-state index contributed by atoms with van der Waals surface area (Å²) in [7, 11) is 0. The van der Waals surface area contributed by atoms with Gasteiger partial charge in [-0.25, -0.2) is 8.78 Å². The lowest BCUT2D eigenvalue weighted by molar-refractivity contribution is -0.682. The highest BCUT2D eigenvalue weighted by molar-refractivity contribution is 5.91. The van der Waals surface area contributed by atoms with E-state index in [1.165, 1.54) is 30.7 Å². The van der Waals surface area contributed by atoms with Crippen molar-refractivity contribution in [1.29, 1.82) is 0 Å². The Morgan fingerprint density at radius 2 is 1.81 bits per heavy atom. The molecule has 6 heteroatoms. The Bertz CT molecular complexity index is 758. The fourth-order valence-corrected chi connectivity index (χ4v) is 3.16. The van der Waals surface area contributed by atoms with Crippen LogP contribution < -0.4 is 15.5 Å². The molecule has 0 radical (unpaired) electrons. The van der Waals surface area contributed by atoms with Crippen molar-refractivity contribution in [3.63, 3.8) is 0 Å². The van der Waals surface area contributed by atoms with Gasteiger partial charge < -0.3 is 15.5 Å². The Labute approximate surface area is 152 Å². The zero-order chi connectivity index (χ0) is 18.5. The molecule has 0 saturated carbocycles. The second kappa shape index (κ2) is 8.27. The molecule has 0 spiro atoms. The molecule has 1 heterocycles. The van der Waals surface area contributed by atoms with Crippen molar-refractivity contribution in [2.75, 3.05) is 29.9 Å². The van der Waals surface area contributed by atoms with Crippen LogP contribution in [-0.2, 0) is 4.79 Å². The van der Waals surface area contributed by atoms with Crippen molar-refractivity contribution in [2.24, 2.45) is 0 Å². The fourth-order valence-electron chi connectivity index (χ4n) is 3.16. The summed E-state index contributed by atoms with van der Waals surface area (Å²) >= 11 is 0. The van der Waals surface area contributed by atoms with Crippen LogP contribution >= 0.6 is 0 Å². The Morgan fingerprint density at radius 1 is 1.12 bits per heavy atom. The lowest BCUT2D eigenvalue weighted by Crippen LogP contribution is -2.86. The molecule has 3 N–H and O–H groups in total. The zero-order valence-electron chi connectivity index (χ0n) is 14.8. The monoisotopic (exact) mass is 360 g/mol. The number of benzene rings is 2. The van der Waals surface area contributed by atoms with Crippen LogP contribution in [0.1, 0.15) is 31.4 Å². The van der Waals surface area contributed by atoms with Gasteiger partial charge in [-0.1, -0.05) is 0 Å². The summed E-state index contributed by atoms with van der Waals surface area (Å²) in [5, 5.41) is 4.66. The first-order valence-electron chi connectivity index (χ1n) is 8.96. The van der Waals surface area contributed by atoms with E-state index >= 15 is 0 Å². The van der Waals surface area contributed by atoms with E-state index in [0.29, 0.717) is 5.56 Å². The summed E-state index contributed by atoms with van der Waals surface area (Å²) in [6, 6.07) is 11.5. The standard InChI is InChI=1S/C20H23F2N3O/c1-14(15-4-9-18(21)19(22)12-15)23-13-20(26)24-16-5-7-17(8-6-16)25-10-2-3-11-25/h4-9,12,14,23H,2-3,10-11,13H2,1H3,(H,24,26)/p+1/t14-/m1/s1. The maximum Gasteiger partial charge on any atom is 0.279 e. The molecule has 3 rings (SSSR count). The number of carbonyl (C=O) groups is 1. The van der Waals surface area contributed by atoms with Crippen molar-refractivity contribution in [3.05, 3.63) is 59.7 Å². The fraction of sp³-hybridized carbons (Fsp3) is 0.350. The number of amides is 1. The van der Waals surface area contributed by atoms with Crippen molar-refractivity contribution < 1.29 is 18.9 Å². The number of nitrogens with one attached hydrogen (secondary N) is 1. The minimum atomic E-state index is -0.870. The minimum Gasteiger partial charge on any atom is -0.372 e. The number of hydrogen-bond acceptors (Lipinski definition) is 2. The van der Waals surface area contributed by atoms with Crippen LogP contribution in [0, 0.1) is 11.6 Å². The maximum absolute atomic E-state index is 13.3. The van der Waals surface area contributed by atoms with E-state index in [4.69, 9.17) is 0 Å². The molecule has 1 fully saturated rings. The van der Waals surface area contributed by atoms with Gasteiger partial charge in [0, 0.05) is 30.0 Å². The zero-order valence-corrected chi connectivity index (χ0v) is 14.8. The average Bonchev–Trinajstić information content (AvgIpc) is 3.17. The highest BCUT2D eigenvalue weighted by atomic mass is 19.2. The van der Waals surface area contributed by atoms with Gasteiger partial charge in [-0.2, -0.15) is 0 Å². The number of quaternary nitrogens is 1. The van der Waals surface area contributed by atoms with Gasteiger partial charge in [-0.3, -0.25) is 4.79 Å². The molecule has 2 aromatic carbocycles. The van der Waals surface area contributed by atoms with E-state index in [1.807, 2.05) is 31.2 Å². The molecule has 0 aromatic heterocycles. The molecule has 0 aliphatic carbocycles. The Hall–Kier alpha value is -2.47. The van der Waals surface area contributed by atoms with E-state index in [-0.39, 0.29) is 18.5 Å². The molecular formula is C20H24F2N3O+. The minimum absolute atomic E-state index is 0.131. The van der Waals surface area contributed by atoms with Crippen molar-refractivity contribution in [3.8, 4) is 0 Å². The smallest absolute Gasteiger partial charge is 0.279 e. The molecule has 138 valence electrons. The van der Waals surface area contributed by atoms with E-state index in [0.717, 1.165) is 24.8 Å². The molecule has 26 heavy (non-hydrogen) atoms. The third kappa shape index (κ3) is 4.58. The average molecular weight is 360 g/mol. The van der Waals surface area contributed by atoms with Crippen LogP contribution in [-0.4, -0.2) is 25.5 Å². The molecule has 1 aliphatic rings. The lowest BCUT2D eigenvalue weighted by Gasteiger charge is -2.17. The summed E-state index contributed by atoms with van der Waals surface area (Å²) in [6.45, 7) is 4.23. The number of halogens is 2. The first-order valence-corrected chi connectivity index (χ1v) is 8.96. The van der Waals surface area contributed by atoms with Crippen LogP contribution in [0.4, 0.5) is 20.2 Å². The SMILES string of the molecule is C[C@@H]([NH2+]CC(=O)Nc1ccc(N2CCCC2)cc1)c1ccc(F)c(F)c1. The van der Waals surface area contributed by atoms with E-state index in [1.54, 1.807) is 5.32 Å². The van der Waals surface area contributed by atoms with Crippen molar-refractivity contribution >= 4 is 17.3 Å². The first-order chi connectivity index (χ1) is 12.5. The summed E-state index contributed by atoms with van der Waals surface area (Å²) in [5.41, 5.74) is 2.58. The van der Waals surface area contributed by atoms with Crippen LogP contribution in [0.15, 0.2) is 42.5 Å². The highest BCUT2D eigenvalue weighted by Gasteiger charge is 2.15. The number of anilines is 2. The number of carbonyl (C=O) groups excluding carboxylic acids is 1.